The maximum atomic E-state index is 12.7. The summed E-state index contributed by atoms with van der Waals surface area (Å²) < 4.78 is 23.4. The fourth-order valence-corrected chi connectivity index (χ4v) is 1.93. The summed E-state index contributed by atoms with van der Waals surface area (Å²) in [5.74, 6) is 0.284. The minimum absolute atomic E-state index is 0. The van der Waals surface area contributed by atoms with E-state index in [1.165, 1.54) is 12.1 Å². The van der Waals surface area contributed by atoms with Crippen LogP contribution in [0.2, 0.25) is 0 Å². The molecule has 1 fully saturated rings. The topological polar surface area (TPSA) is 50.8 Å². The Morgan fingerprint density at radius 1 is 1.48 bits per heavy atom. The lowest BCUT2D eigenvalue weighted by atomic mass is 10.2. The molecule has 21 heavy (non-hydrogen) atoms. The van der Waals surface area contributed by atoms with Crippen LogP contribution >= 0.6 is 12.4 Å². The number of nitrogens with zero attached hydrogens (tertiary/aromatic N) is 1. The van der Waals surface area contributed by atoms with Gasteiger partial charge in [-0.05, 0) is 24.3 Å². The fraction of sp³-hybridized carbons (Fsp3) is 0.500. The molecule has 1 unspecified atom stereocenters. The monoisotopic (exact) mass is 318 g/mol. The standard InChI is InChI=1S/C14H19FN2O3.ClH/c1-17(14(18)13-10-19-8-6-16-13)7-9-20-12-4-2-11(15)3-5-12;/h2-5,13,16H,6-10H2,1H3;1H. The van der Waals surface area contributed by atoms with E-state index in [0.717, 1.165) is 0 Å². The predicted octanol–water partition coefficient (Wildman–Crippen LogP) is 1.07. The quantitative estimate of drug-likeness (QED) is 0.882. The molecule has 0 bridgehead atoms. The summed E-state index contributed by atoms with van der Waals surface area (Å²) in [7, 11) is 1.73. The zero-order chi connectivity index (χ0) is 14.4. The number of amides is 1. The van der Waals surface area contributed by atoms with Crippen LogP contribution in [0.15, 0.2) is 24.3 Å². The van der Waals surface area contributed by atoms with Crippen molar-refractivity contribution in [2.24, 2.45) is 0 Å². The number of nitrogens with one attached hydrogen (secondary N) is 1. The summed E-state index contributed by atoms with van der Waals surface area (Å²) in [4.78, 5) is 13.7. The molecule has 1 amide bonds. The van der Waals surface area contributed by atoms with Crippen LogP contribution in [0.3, 0.4) is 0 Å². The molecule has 0 saturated carbocycles. The molecule has 0 aromatic heterocycles. The largest absolute Gasteiger partial charge is 0.492 e. The fourth-order valence-electron chi connectivity index (χ4n) is 1.93. The summed E-state index contributed by atoms with van der Waals surface area (Å²) in [6, 6.07) is 5.53. The number of ether oxygens (including phenoxy) is 2. The number of halogens is 2. The molecule has 1 heterocycles. The van der Waals surface area contributed by atoms with Gasteiger partial charge in [-0.25, -0.2) is 4.39 Å². The highest BCUT2D eigenvalue weighted by Crippen LogP contribution is 2.10. The van der Waals surface area contributed by atoms with E-state index in [0.29, 0.717) is 38.7 Å². The average molecular weight is 319 g/mol. The minimum atomic E-state index is -0.298. The maximum absolute atomic E-state index is 12.7. The number of carbonyl (C=O) groups is 1. The van der Waals surface area contributed by atoms with E-state index in [1.54, 1.807) is 24.1 Å². The molecule has 2 rings (SSSR count). The Kier molecular flexibility index (Phi) is 7.42. The molecular formula is C14H20ClFN2O3. The van der Waals surface area contributed by atoms with Gasteiger partial charge in [-0.1, -0.05) is 0 Å². The molecule has 0 aliphatic carbocycles. The van der Waals surface area contributed by atoms with Crippen LogP contribution in [-0.4, -0.2) is 56.8 Å². The number of carbonyl (C=O) groups excluding carboxylic acids is 1. The Bertz CT molecular complexity index is 438. The third-order valence-electron chi connectivity index (χ3n) is 3.11. The SMILES string of the molecule is CN(CCOc1ccc(F)cc1)C(=O)C1COCCN1.Cl. The van der Waals surface area contributed by atoms with E-state index >= 15 is 0 Å². The van der Waals surface area contributed by atoms with Crippen LogP contribution in [0.4, 0.5) is 4.39 Å². The van der Waals surface area contributed by atoms with Crippen molar-refractivity contribution >= 4 is 18.3 Å². The average Bonchev–Trinajstić information content (AvgIpc) is 2.49. The number of hydrogen-bond donors (Lipinski definition) is 1. The Morgan fingerprint density at radius 2 is 2.19 bits per heavy atom. The van der Waals surface area contributed by atoms with E-state index in [2.05, 4.69) is 5.32 Å². The third kappa shape index (κ3) is 5.49. The molecule has 0 spiro atoms. The van der Waals surface area contributed by atoms with Gasteiger partial charge in [-0.2, -0.15) is 0 Å². The normalized spacial score (nSPS) is 17.7. The van der Waals surface area contributed by atoms with Crippen LogP contribution in [0.1, 0.15) is 0 Å². The molecule has 5 nitrogen and oxygen atoms in total. The molecule has 1 aromatic carbocycles. The van der Waals surface area contributed by atoms with Gasteiger partial charge in [0.05, 0.1) is 19.8 Å². The van der Waals surface area contributed by atoms with Gasteiger partial charge >= 0.3 is 0 Å². The molecule has 1 saturated heterocycles. The van der Waals surface area contributed by atoms with Crippen LogP contribution in [0.25, 0.3) is 0 Å². The molecule has 1 aliphatic heterocycles. The molecule has 118 valence electrons. The van der Waals surface area contributed by atoms with Gasteiger partial charge in [0, 0.05) is 13.6 Å². The number of benzene rings is 1. The zero-order valence-corrected chi connectivity index (χ0v) is 12.7. The van der Waals surface area contributed by atoms with Gasteiger partial charge in [0.2, 0.25) is 5.91 Å². The van der Waals surface area contributed by atoms with E-state index in [1.807, 2.05) is 0 Å². The summed E-state index contributed by atoms with van der Waals surface area (Å²) in [6.45, 7) is 2.56. The van der Waals surface area contributed by atoms with Gasteiger partial charge in [0.25, 0.3) is 0 Å². The highest BCUT2D eigenvalue weighted by molar-refractivity contribution is 5.85. The third-order valence-corrected chi connectivity index (χ3v) is 3.11. The Balaban J connectivity index is 0.00000220. The number of hydrogen-bond acceptors (Lipinski definition) is 4. The molecule has 1 atom stereocenters. The Morgan fingerprint density at radius 3 is 2.81 bits per heavy atom. The summed E-state index contributed by atoms with van der Waals surface area (Å²) in [6.07, 6.45) is 0. The zero-order valence-electron chi connectivity index (χ0n) is 11.9. The van der Waals surface area contributed by atoms with Crippen LogP contribution in [0.5, 0.6) is 5.75 Å². The molecule has 1 aromatic rings. The lowest BCUT2D eigenvalue weighted by Crippen LogP contribution is -2.52. The molecule has 1 N–H and O–H groups in total. The number of likely N-dealkylation sites (N-methyl/N-ethyl adjacent to an activating group) is 1. The minimum Gasteiger partial charge on any atom is -0.492 e. The van der Waals surface area contributed by atoms with Gasteiger partial charge in [0.1, 0.15) is 24.2 Å². The summed E-state index contributed by atoms with van der Waals surface area (Å²) >= 11 is 0. The van der Waals surface area contributed by atoms with Crippen molar-refractivity contribution in [3.63, 3.8) is 0 Å². The molecule has 7 heteroatoms. The molecule has 1 aliphatic rings. The van der Waals surface area contributed by atoms with Crippen molar-refractivity contribution in [3.8, 4) is 5.75 Å². The lowest BCUT2D eigenvalue weighted by molar-refractivity contribution is -0.135. The van der Waals surface area contributed by atoms with Crippen molar-refractivity contribution in [1.29, 1.82) is 0 Å². The summed E-state index contributed by atoms with van der Waals surface area (Å²) in [5.41, 5.74) is 0. The first-order valence-electron chi connectivity index (χ1n) is 6.61. The first kappa shape index (κ1) is 17.7. The Labute approximate surface area is 129 Å². The Hall–Kier alpha value is -1.37. The van der Waals surface area contributed by atoms with Gasteiger partial charge in [-0.3, -0.25) is 4.79 Å². The second-order valence-electron chi connectivity index (χ2n) is 4.64. The highest BCUT2D eigenvalue weighted by Gasteiger charge is 2.23. The van der Waals surface area contributed by atoms with E-state index in [9.17, 15) is 9.18 Å². The van der Waals surface area contributed by atoms with Crippen LogP contribution in [-0.2, 0) is 9.53 Å². The van der Waals surface area contributed by atoms with Crippen LogP contribution in [0, 0.1) is 5.82 Å². The maximum Gasteiger partial charge on any atom is 0.241 e. The summed E-state index contributed by atoms with van der Waals surface area (Å²) in [5, 5.41) is 3.12. The highest BCUT2D eigenvalue weighted by atomic mass is 35.5. The van der Waals surface area contributed by atoms with Gasteiger partial charge in [-0.15, -0.1) is 12.4 Å². The van der Waals surface area contributed by atoms with Crippen molar-refractivity contribution in [3.05, 3.63) is 30.1 Å². The number of morpholine rings is 1. The predicted molar refractivity (Wildman–Crippen MR) is 79.4 cm³/mol. The van der Waals surface area contributed by atoms with Gasteiger partial charge in [0.15, 0.2) is 0 Å². The van der Waals surface area contributed by atoms with Crippen LogP contribution < -0.4 is 10.1 Å². The van der Waals surface area contributed by atoms with Crippen molar-refractivity contribution < 1.29 is 18.7 Å². The molecule has 0 radical (unpaired) electrons. The second kappa shape index (κ2) is 8.81. The van der Waals surface area contributed by atoms with E-state index in [-0.39, 0.29) is 30.2 Å². The first-order chi connectivity index (χ1) is 9.66. The van der Waals surface area contributed by atoms with E-state index in [4.69, 9.17) is 9.47 Å². The van der Waals surface area contributed by atoms with Crippen molar-refractivity contribution in [2.75, 3.05) is 40.0 Å². The van der Waals surface area contributed by atoms with Crippen molar-refractivity contribution in [2.45, 2.75) is 6.04 Å². The first-order valence-corrected chi connectivity index (χ1v) is 6.61. The van der Waals surface area contributed by atoms with E-state index < -0.39 is 0 Å². The smallest absolute Gasteiger partial charge is 0.241 e. The van der Waals surface area contributed by atoms with Crippen molar-refractivity contribution in [1.82, 2.24) is 10.2 Å². The molecular weight excluding hydrogens is 299 g/mol. The number of rotatable bonds is 5. The second-order valence-corrected chi connectivity index (χ2v) is 4.64. The lowest BCUT2D eigenvalue weighted by Gasteiger charge is -2.27. The van der Waals surface area contributed by atoms with Gasteiger partial charge < -0.3 is 19.7 Å².